The molecular weight excluding hydrogens is 264 g/mol. The fourth-order valence-electron chi connectivity index (χ4n) is 1.17. The molecule has 0 fully saturated rings. The van der Waals surface area contributed by atoms with Crippen LogP contribution in [0, 0.1) is 0 Å². The minimum absolute atomic E-state index is 0.115. The number of thioether (sulfide) groups is 1. The fraction of sp³-hybridized carbons (Fsp3) is 0.667. The van der Waals surface area contributed by atoms with E-state index in [1.807, 2.05) is 11.6 Å². The molecule has 16 heavy (non-hydrogen) atoms. The van der Waals surface area contributed by atoms with E-state index in [1.54, 1.807) is 23.1 Å². The van der Waals surface area contributed by atoms with E-state index in [-0.39, 0.29) is 11.8 Å². The van der Waals surface area contributed by atoms with Crippen LogP contribution in [0.3, 0.4) is 0 Å². The first-order valence-electron chi connectivity index (χ1n) is 4.79. The number of thiazole rings is 1. The van der Waals surface area contributed by atoms with Crippen LogP contribution >= 0.6 is 23.1 Å². The molecule has 0 aliphatic carbocycles. The standard InChI is InChI=1S/C9H16N2O2S3/c1-14-6-9-11-8(5-15-9)7(10)3-4-16(2,12)13/h5,7H,3-4,6,10H2,1-2H3. The molecule has 0 saturated heterocycles. The summed E-state index contributed by atoms with van der Waals surface area (Å²) in [6, 6.07) is -0.276. The van der Waals surface area contributed by atoms with Crippen LogP contribution in [-0.2, 0) is 15.6 Å². The van der Waals surface area contributed by atoms with Gasteiger partial charge in [0.05, 0.1) is 11.4 Å². The van der Waals surface area contributed by atoms with Gasteiger partial charge >= 0.3 is 0 Å². The lowest BCUT2D eigenvalue weighted by atomic mass is 10.2. The number of rotatable bonds is 6. The van der Waals surface area contributed by atoms with Crippen LogP contribution in [0.2, 0.25) is 0 Å². The van der Waals surface area contributed by atoms with Crippen molar-refractivity contribution in [2.24, 2.45) is 5.73 Å². The van der Waals surface area contributed by atoms with Crippen molar-refractivity contribution in [2.45, 2.75) is 18.2 Å². The summed E-state index contributed by atoms with van der Waals surface area (Å²) in [5.41, 5.74) is 6.69. The van der Waals surface area contributed by atoms with E-state index in [0.29, 0.717) is 6.42 Å². The highest BCUT2D eigenvalue weighted by Crippen LogP contribution is 2.20. The van der Waals surface area contributed by atoms with Crippen molar-refractivity contribution in [3.63, 3.8) is 0 Å². The molecule has 7 heteroatoms. The SMILES string of the molecule is CSCc1nc(C(N)CCS(C)(=O)=O)cs1. The molecule has 2 N–H and O–H groups in total. The summed E-state index contributed by atoms with van der Waals surface area (Å²) in [5, 5.41) is 2.95. The maximum atomic E-state index is 11.0. The maximum Gasteiger partial charge on any atom is 0.147 e. The molecule has 1 atom stereocenters. The summed E-state index contributed by atoms with van der Waals surface area (Å²) in [7, 11) is -2.94. The van der Waals surface area contributed by atoms with Crippen LogP contribution in [-0.4, -0.2) is 31.7 Å². The van der Waals surface area contributed by atoms with Crippen molar-refractivity contribution >= 4 is 32.9 Å². The Morgan fingerprint density at radius 1 is 1.62 bits per heavy atom. The summed E-state index contributed by atoms with van der Waals surface area (Å²) in [6.45, 7) is 0. The van der Waals surface area contributed by atoms with Gasteiger partial charge in [0.25, 0.3) is 0 Å². The highest BCUT2D eigenvalue weighted by Gasteiger charge is 2.13. The van der Waals surface area contributed by atoms with Gasteiger partial charge in [0, 0.05) is 23.4 Å². The minimum Gasteiger partial charge on any atom is -0.323 e. The molecule has 92 valence electrons. The third kappa shape index (κ3) is 4.82. The molecule has 0 spiro atoms. The number of hydrogen-bond donors (Lipinski definition) is 1. The van der Waals surface area contributed by atoms with E-state index in [9.17, 15) is 8.42 Å². The first-order valence-corrected chi connectivity index (χ1v) is 9.12. The van der Waals surface area contributed by atoms with Crippen LogP contribution in [0.25, 0.3) is 0 Å². The average Bonchev–Trinajstić information content (AvgIpc) is 2.62. The molecule has 0 saturated carbocycles. The van der Waals surface area contributed by atoms with Gasteiger partial charge in [-0.3, -0.25) is 0 Å². The Morgan fingerprint density at radius 2 is 2.31 bits per heavy atom. The molecule has 0 aromatic carbocycles. The summed E-state index contributed by atoms with van der Waals surface area (Å²) < 4.78 is 22.0. The Kier molecular flexibility index (Phi) is 5.23. The van der Waals surface area contributed by atoms with E-state index >= 15 is 0 Å². The van der Waals surface area contributed by atoms with E-state index in [0.717, 1.165) is 16.5 Å². The largest absolute Gasteiger partial charge is 0.323 e. The Hall–Kier alpha value is -0.110. The highest BCUT2D eigenvalue weighted by molar-refractivity contribution is 7.97. The number of aromatic nitrogens is 1. The van der Waals surface area contributed by atoms with Crippen molar-refractivity contribution in [3.05, 3.63) is 16.1 Å². The quantitative estimate of drug-likeness (QED) is 0.853. The minimum atomic E-state index is -2.94. The fourth-order valence-corrected chi connectivity index (χ4v) is 3.44. The molecule has 0 amide bonds. The highest BCUT2D eigenvalue weighted by atomic mass is 32.2. The summed E-state index contributed by atoms with van der Waals surface area (Å²) in [5.74, 6) is 0.993. The van der Waals surface area contributed by atoms with Gasteiger partial charge in [-0.05, 0) is 12.7 Å². The topological polar surface area (TPSA) is 73.0 Å². The van der Waals surface area contributed by atoms with Crippen LogP contribution in [0.1, 0.15) is 23.2 Å². The normalized spacial score (nSPS) is 13.9. The Balaban J connectivity index is 2.55. The number of hydrogen-bond acceptors (Lipinski definition) is 6. The summed E-state index contributed by atoms with van der Waals surface area (Å²) in [6.07, 6.45) is 3.67. The zero-order valence-electron chi connectivity index (χ0n) is 9.34. The van der Waals surface area contributed by atoms with E-state index < -0.39 is 9.84 Å². The molecule has 1 unspecified atom stereocenters. The Labute approximate surface area is 105 Å². The molecule has 0 bridgehead atoms. The zero-order chi connectivity index (χ0) is 12.2. The molecule has 0 aliphatic rings. The third-order valence-corrected chi connectivity index (χ3v) is 4.61. The molecule has 0 aliphatic heterocycles. The molecule has 1 aromatic heterocycles. The first-order chi connectivity index (χ1) is 7.42. The summed E-state index contributed by atoms with van der Waals surface area (Å²) >= 11 is 3.28. The van der Waals surface area contributed by atoms with Gasteiger partial charge in [0.1, 0.15) is 14.8 Å². The predicted octanol–water partition coefficient (Wildman–Crippen LogP) is 1.44. The molecule has 1 rings (SSSR count). The van der Waals surface area contributed by atoms with Gasteiger partial charge in [-0.1, -0.05) is 0 Å². The second-order valence-corrected chi connectivity index (χ2v) is 7.69. The monoisotopic (exact) mass is 280 g/mol. The van der Waals surface area contributed by atoms with Crippen LogP contribution < -0.4 is 5.73 Å². The van der Waals surface area contributed by atoms with Gasteiger partial charge in [-0.25, -0.2) is 13.4 Å². The van der Waals surface area contributed by atoms with Crippen LogP contribution in [0.15, 0.2) is 5.38 Å². The van der Waals surface area contributed by atoms with Gasteiger partial charge in [0.15, 0.2) is 0 Å². The molecule has 0 radical (unpaired) electrons. The van der Waals surface area contributed by atoms with Crippen molar-refractivity contribution in [1.29, 1.82) is 0 Å². The van der Waals surface area contributed by atoms with Gasteiger partial charge < -0.3 is 5.73 Å². The van der Waals surface area contributed by atoms with E-state index in [4.69, 9.17) is 5.73 Å². The van der Waals surface area contributed by atoms with Crippen molar-refractivity contribution in [3.8, 4) is 0 Å². The van der Waals surface area contributed by atoms with Crippen LogP contribution in [0.4, 0.5) is 0 Å². The summed E-state index contributed by atoms with van der Waals surface area (Å²) in [4.78, 5) is 4.38. The number of nitrogens with two attached hydrogens (primary N) is 1. The van der Waals surface area contributed by atoms with Gasteiger partial charge in [-0.2, -0.15) is 11.8 Å². The Bertz CT molecular complexity index is 428. The average molecular weight is 280 g/mol. The lowest BCUT2D eigenvalue weighted by molar-refractivity contribution is 0.590. The zero-order valence-corrected chi connectivity index (χ0v) is 11.8. The van der Waals surface area contributed by atoms with Gasteiger partial charge in [0.2, 0.25) is 0 Å². The Morgan fingerprint density at radius 3 is 2.88 bits per heavy atom. The second kappa shape index (κ2) is 6.00. The van der Waals surface area contributed by atoms with Crippen molar-refractivity contribution in [1.82, 2.24) is 4.98 Å². The molecule has 1 aromatic rings. The van der Waals surface area contributed by atoms with Gasteiger partial charge in [-0.15, -0.1) is 11.3 Å². The van der Waals surface area contributed by atoms with Crippen molar-refractivity contribution in [2.75, 3.05) is 18.3 Å². The molecule has 1 heterocycles. The van der Waals surface area contributed by atoms with E-state index in [2.05, 4.69) is 4.98 Å². The first kappa shape index (κ1) is 14.0. The third-order valence-electron chi connectivity index (χ3n) is 2.02. The smallest absolute Gasteiger partial charge is 0.147 e. The maximum absolute atomic E-state index is 11.0. The van der Waals surface area contributed by atoms with Crippen LogP contribution in [0.5, 0.6) is 0 Å². The predicted molar refractivity (Wildman–Crippen MR) is 70.6 cm³/mol. The number of sulfone groups is 1. The second-order valence-electron chi connectivity index (χ2n) is 3.62. The molecule has 4 nitrogen and oxygen atoms in total. The lowest BCUT2D eigenvalue weighted by Gasteiger charge is -2.07. The van der Waals surface area contributed by atoms with E-state index in [1.165, 1.54) is 6.26 Å². The molecular formula is C9H16N2O2S3. The lowest BCUT2D eigenvalue weighted by Crippen LogP contribution is -2.16. The number of nitrogens with zero attached hydrogens (tertiary/aromatic N) is 1. The van der Waals surface area contributed by atoms with Crippen molar-refractivity contribution < 1.29 is 8.42 Å².